The van der Waals surface area contributed by atoms with E-state index in [1.54, 1.807) is 16.9 Å². The molecule has 0 radical (unpaired) electrons. The van der Waals surface area contributed by atoms with Gasteiger partial charge < -0.3 is 19.9 Å². The lowest BCUT2D eigenvalue weighted by molar-refractivity contribution is -1.03. The number of piperazine rings is 1. The monoisotopic (exact) mass is 278 g/mol. The summed E-state index contributed by atoms with van der Waals surface area (Å²) in [6, 6.07) is 7.13. The minimum Gasteiger partial charge on any atom is -0.496 e. The fourth-order valence-electron chi connectivity index (χ4n) is 3.86. The van der Waals surface area contributed by atoms with Gasteiger partial charge in [0.25, 0.3) is 0 Å². The molecule has 0 unspecified atom stereocenters. The number of nitrogens with one attached hydrogen (secondary N) is 2. The second-order valence-electron chi connectivity index (χ2n) is 6.08. The number of likely N-dealkylation sites (N-methyl/N-ethyl adjacent to an activating group) is 1. The summed E-state index contributed by atoms with van der Waals surface area (Å²) >= 11 is 0. The van der Waals surface area contributed by atoms with Crippen molar-refractivity contribution >= 4 is 0 Å². The van der Waals surface area contributed by atoms with Crippen molar-refractivity contribution in [3.63, 3.8) is 0 Å². The third kappa shape index (κ3) is 2.55. The Morgan fingerprint density at radius 1 is 1.25 bits per heavy atom. The van der Waals surface area contributed by atoms with Crippen molar-refractivity contribution in [3.8, 4) is 5.75 Å². The van der Waals surface area contributed by atoms with Crippen molar-refractivity contribution < 1.29 is 19.9 Å². The van der Waals surface area contributed by atoms with Crippen LogP contribution >= 0.6 is 0 Å². The quantitative estimate of drug-likeness (QED) is 0.567. The predicted molar refractivity (Wildman–Crippen MR) is 78.2 cm³/mol. The Labute approximate surface area is 121 Å². The molecule has 0 aromatic heterocycles. The third-order valence-electron chi connectivity index (χ3n) is 5.08. The molecule has 4 nitrogen and oxygen atoms in total. The first-order valence-corrected chi connectivity index (χ1v) is 7.99. The predicted octanol–water partition coefficient (Wildman–Crippen LogP) is -2.38. The summed E-state index contributed by atoms with van der Waals surface area (Å²) in [6.45, 7) is 11.1. The zero-order valence-electron chi connectivity index (χ0n) is 12.7. The topological polar surface area (TPSA) is 34.7 Å². The van der Waals surface area contributed by atoms with Crippen LogP contribution in [0.15, 0.2) is 18.2 Å². The first-order chi connectivity index (χ1) is 9.83. The number of benzene rings is 1. The van der Waals surface area contributed by atoms with Crippen LogP contribution in [-0.4, -0.2) is 46.4 Å². The lowest BCUT2D eigenvalue weighted by Gasteiger charge is -2.36. The van der Waals surface area contributed by atoms with Crippen molar-refractivity contribution in [2.75, 3.05) is 46.4 Å². The standard InChI is InChI=1S/C16H25N3O/c1-3-18-7-9-19(10-8-18)14-12-17-11-13-5-4-6-15(20-2)16(13)14/h4-6,14,17H,3,7-12H2,1-2H3/p+3/t14-/m0/s1. The first kappa shape index (κ1) is 13.9. The van der Waals surface area contributed by atoms with Crippen LogP contribution < -0.4 is 19.9 Å². The Balaban J connectivity index is 1.83. The third-order valence-corrected chi connectivity index (χ3v) is 5.08. The second kappa shape index (κ2) is 6.12. The van der Waals surface area contributed by atoms with Crippen molar-refractivity contribution in [1.82, 2.24) is 0 Å². The zero-order valence-corrected chi connectivity index (χ0v) is 12.7. The molecule has 1 aromatic rings. The van der Waals surface area contributed by atoms with Gasteiger partial charge in [-0.05, 0) is 13.0 Å². The van der Waals surface area contributed by atoms with Crippen LogP contribution in [0.1, 0.15) is 24.1 Å². The Morgan fingerprint density at radius 3 is 2.75 bits per heavy atom. The lowest BCUT2D eigenvalue weighted by atomic mass is 9.94. The van der Waals surface area contributed by atoms with Crippen molar-refractivity contribution in [2.24, 2.45) is 0 Å². The number of ether oxygens (including phenoxy) is 1. The number of methoxy groups -OCH3 is 1. The van der Waals surface area contributed by atoms with Crippen LogP contribution in [0.25, 0.3) is 0 Å². The highest BCUT2D eigenvalue weighted by molar-refractivity contribution is 5.42. The van der Waals surface area contributed by atoms with Gasteiger partial charge in [-0.25, -0.2) is 0 Å². The summed E-state index contributed by atoms with van der Waals surface area (Å²) < 4.78 is 5.64. The molecule has 110 valence electrons. The van der Waals surface area contributed by atoms with Gasteiger partial charge >= 0.3 is 0 Å². The van der Waals surface area contributed by atoms with Crippen LogP contribution in [0.5, 0.6) is 5.75 Å². The molecule has 0 spiro atoms. The van der Waals surface area contributed by atoms with E-state index in [-0.39, 0.29) is 0 Å². The zero-order chi connectivity index (χ0) is 13.9. The maximum atomic E-state index is 5.64. The summed E-state index contributed by atoms with van der Waals surface area (Å²) in [4.78, 5) is 3.51. The minimum absolute atomic E-state index is 0.605. The van der Waals surface area contributed by atoms with Gasteiger partial charge in [0, 0.05) is 5.56 Å². The highest BCUT2D eigenvalue weighted by Gasteiger charge is 2.36. The summed E-state index contributed by atoms with van der Waals surface area (Å²) in [7, 11) is 1.81. The van der Waals surface area contributed by atoms with E-state index in [9.17, 15) is 0 Å². The summed E-state index contributed by atoms with van der Waals surface area (Å²) in [5.74, 6) is 1.10. The summed E-state index contributed by atoms with van der Waals surface area (Å²) in [5, 5.41) is 2.46. The van der Waals surface area contributed by atoms with Gasteiger partial charge in [0.05, 0.1) is 19.2 Å². The fraction of sp³-hybridized carbons (Fsp3) is 0.625. The molecule has 0 saturated carbocycles. The average Bonchev–Trinajstić information content (AvgIpc) is 2.53. The lowest BCUT2D eigenvalue weighted by Crippen LogP contribution is -3.28. The van der Waals surface area contributed by atoms with Crippen LogP contribution in [-0.2, 0) is 6.54 Å². The van der Waals surface area contributed by atoms with Crippen LogP contribution in [0.4, 0.5) is 0 Å². The minimum atomic E-state index is 0.605. The van der Waals surface area contributed by atoms with E-state index in [1.807, 2.05) is 0 Å². The van der Waals surface area contributed by atoms with Gasteiger partial charge in [0.1, 0.15) is 45.0 Å². The van der Waals surface area contributed by atoms with Gasteiger partial charge in [0.2, 0.25) is 0 Å². The van der Waals surface area contributed by atoms with E-state index in [4.69, 9.17) is 4.74 Å². The molecule has 2 heterocycles. The van der Waals surface area contributed by atoms with E-state index in [0.29, 0.717) is 6.04 Å². The Morgan fingerprint density at radius 2 is 2.05 bits per heavy atom. The summed E-state index contributed by atoms with van der Waals surface area (Å²) in [5.41, 5.74) is 2.95. The van der Waals surface area contributed by atoms with E-state index in [0.717, 1.165) is 12.3 Å². The molecule has 0 bridgehead atoms. The SMILES string of the molecule is CC[NH+]1CC[NH+]([C@H]2C[NH2+]Cc3cccc(OC)c32)CC1. The number of hydrogen-bond acceptors (Lipinski definition) is 1. The molecule has 3 rings (SSSR count). The normalized spacial score (nSPS) is 29.8. The molecule has 0 amide bonds. The molecular formula is C16H28N3O+3. The molecule has 2 aliphatic heterocycles. The molecule has 4 heteroatoms. The van der Waals surface area contributed by atoms with Crippen LogP contribution in [0.2, 0.25) is 0 Å². The van der Waals surface area contributed by atoms with Gasteiger partial charge in [-0.15, -0.1) is 0 Å². The molecule has 1 saturated heterocycles. The largest absolute Gasteiger partial charge is 0.496 e. The number of quaternary nitrogens is 3. The Bertz CT molecular complexity index is 441. The van der Waals surface area contributed by atoms with Crippen molar-refractivity contribution in [2.45, 2.75) is 19.5 Å². The molecular weight excluding hydrogens is 250 g/mol. The van der Waals surface area contributed by atoms with Gasteiger partial charge in [-0.2, -0.15) is 0 Å². The number of rotatable bonds is 3. The molecule has 4 N–H and O–H groups in total. The van der Waals surface area contributed by atoms with Crippen LogP contribution in [0.3, 0.4) is 0 Å². The van der Waals surface area contributed by atoms with Gasteiger partial charge in [-0.1, -0.05) is 12.1 Å². The van der Waals surface area contributed by atoms with E-state index in [2.05, 4.69) is 30.4 Å². The van der Waals surface area contributed by atoms with Crippen LogP contribution in [0, 0.1) is 0 Å². The average molecular weight is 278 g/mol. The van der Waals surface area contributed by atoms with Crippen molar-refractivity contribution in [3.05, 3.63) is 29.3 Å². The number of hydrogen-bond donors (Lipinski definition) is 3. The highest BCUT2D eigenvalue weighted by atomic mass is 16.5. The van der Waals surface area contributed by atoms with E-state index in [1.165, 1.54) is 50.4 Å². The van der Waals surface area contributed by atoms with E-state index >= 15 is 0 Å². The second-order valence-corrected chi connectivity index (χ2v) is 6.08. The van der Waals surface area contributed by atoms with Crippen molar-refractivity contribution in [1.29, 1.82) is 0 Å². The number of fused-ring (bicyclic) bond motifs is 1. The number of nitrogens with two attached hydrogens (primary N) is 1. The Kier molecular flexibility index (Phi) is 4.24. The highest BCUT2D eigenvalue weighted by Crippen LogP contribution is 2.28. The first-order valence-electron chi connectivity index (χ1n) is 7.99. The Hall–Kier alpha value is -1.10. The smallest absolute Gasteiger partial charge is 0.167 e. The molecule has 20 heavy (non-hydrogen) atoms. The van der Waals surface area contributed by atoms with E-state index < -0.39 is 0 Å². The van der Waals surface area contributed by atoms with Gasteiger partial charge in [-0.3, -0.25) is 0 Å². The molecule has 1 atom stereocenters. The molecule has 1 aromatic carbocycles. The molecule has 1 fully saturated rings. The molecule has 2 aliphatic rings. The van der Waals surface area contributed by atoms with Gasteiger partial charge in [0.15, 0.2) is 6.04 Å². The fourth-order valence-corrected chi connectivity index (χ4v) is 3.86. The summed E-state index contributed by atoms with van der Waals surface area (Å²) in [6.07, 6.45) is 0. The maximum absolute atomic E-state index is 5.64. The molecule has 0 aliphatic carbocycles. The maximum Gasteiger partial charge on any atom is 0.167 e.